The summed E-state index contributed by atoms with van der Waals surface area (Å²) in [5, 5.41) is 2.86. The van der Waals surface area contributed by atoms with Gasteiger partial charge in [0.2, 0.25) is 5.91 Å². The van der Waals surface area contributed by atoms with Crippen LogP contribution in [0.25, 0.3) is 0 Å². The van der Waals surface area contributed by atoms with Crippen LogP contribution in [0.15, 0.2) is 12.2 Å². The lowest BCUT2D eigenvalue weighted by molar-refractivity contribution is -0.122. The zero-order valence-corrected chi connectivity index (χ0v) is 5.89. The summed E-state index contributed by atoms with van der Waals surface area (Å²) in [4.78, 5) is 11.0. The Bertz CT molecular complexity index is 197. The van der Waals surface area contributed by atoms with Gasteiger partial charge in [-0.3, -0.25) is 4.79 Å². The summed E-state index contributed by atoms with van der Waals surface area (Å²) in [5.74, 6) is 1.08. The van der Waals surface area contributed by atoms with Gasteiger partial charge in [0, 0.05) is 12.5 Å². The fourth-order valence-corrected chi connectivity index (χ4v) is 1.96. The number of hydrogen-bond acceptors (Lipinski definition) is 1. The molecule has 0 unspecified atom stereocenters. The molecule has 2 heteroatoms. The van der Waals surface area contributed by atoms with E-state index in [4.69, 9.17) is 0 Å². The van der Waals surface area contributed by atoms with E-state index in [2.05, 4.69) is 11.9 Å². The quantitative estimate of drug-likeness (QED) is 0.489. The Morgan fingerprint density at radius 3 is 3.00 bits per heavy atom. The molecule has 0 aromatic heterocycles. The molecule has 1 amide bonds. The van der Waals surface area contributed by atoms with Crippen molar-refractivity contribution in [3.05, 3.63) is 12.2 Å². The summed E-state index contributed by atoms with van der Waals surface area (Å²) in [5.41, 5.74) is 1.25. The van der Waals surface area contributed by atoms with E-state index < -0.39 is 0 Å². The average Bonchev–Trinajstić information content (AvgIpc) is 2.35. The van der Waals surface area contributed by atoms with E-state index >= 15 is 0 Å². The van der Waals surface area contributed by atoms with Gasteiger partial charge >= 0.3 is 0 Å². The highest BCUT2D eigenvalue weighted by Crippen LogP contribution is 2.37. The Hall–Kier alpha value is -0.790. The number of allylic oxidation sites excluding steroid dienone is 1. The molecule has 0 aromatic rings. The smallest absolute Gasteiger partial charge is 0.223 e. The van der Waals surface area contributed by atoms with Crippen molar-refractivity contribution in [2.24, 2.45) is 11.8 Å². The lowest BCUT2D eigenvalue weighted by atomic mass is 10.0. The molecule has 2 atom stereocenters. The third-order valence-electron chi connectivity index (χ3n) is 2.50. The van der Waals surface area contributed by atoms with Crippen LogP contribution in [0.5, 0.6) is 0 Å². The molecule has 2 fully saturated rings. The first kappa shape index (κ1) is 5.96. The minimum Gasteiger partial charge on any atom is -0.356 e. The van der Waals surface area contributed by atoms with E-state index in [-0.39, 0.29) is 11.8 Å². The molecular weight excluding hydrogens is 126 g/mol. The monoisotopic (exact) mass is 137 g/mol. The highest BCUT2D eigenvalue weighted by atomic mass is 16.2. The van der Waals surface area contributed by atoms with Gasteiger partial charge in [0.15, 0.2) is 0 Å². The number of rotatable bonds is 0. The minimum absolute atomic E-state index is 0.239. The standard InChI is InChI=1S/C8H11NO/c1-5-2-6-4-9-8(10)7(6)3-5/h6-7H,1-4H2,(H,9,10)/t6-,7-/m0/s1. The Kier molecular flexibility index (Phi) is 1.10. The Morgan fingerprint density at radius 1 is 1.50 bits per heavy atom. The van der Waals surface area contributed by atoms with E-state index in [9.17, 15) is 4.79 Å². The van der Waals surface area contributed by atoms with Crippen molar-refractivity contribution < 1.29 is 4.79 Å². The van der Waals surface area contributed by atoms with E-state index in [0.29, 0.717) is 5.92 Å². The molecule has 0 bridgehead atoms. The number of nitrogens with one attached hydrogen (secondary N) is 1. The predicted octanol–water partition coefficient (Wildman–Crippen LogP) is 0.699. The largest absolute Gasteiger partial charge is 0.356 e. The summed E-state index contributed by atoms with van der Waals surface area (Å²) < 4.78 is 0. The second-order valence-corrected chi connectivity index (χ2v) is 3.27. The highest BCUT2D eigenvalue weighted by molar-refractivity contribution is 5.82. The van der Waals surface area contributed by atoms with E-state index in [1.165, 1.54) is 5.57 Å². The van der Waals surface area contributed by atoms with Crippen molar-refractivity contribution in [2.75, 3.05) is 6.54 Å². The number of fused-ring (bicyclic) bond motifs is 1. The maximum absolute atomic E-state index is 11.0. The molecule has 0 spiro atoms. The maximum atomic E-state index is 11.0. The Labute approximate surface area is 60.3 Å². The third-order valence-corrected chi connectivity index (χ3v) is 2.50. The van der Waals surface area contributed by atoms with E-state index in [1.54, 1.807) is 0 Å². The zero-order valence-electron chi connectivity index (χ0n) is 5.89. The maximum Gasteiger partial charge on any atom is 0.223 e. The van der Waals surface area contributed by atoms with Crippen LogP contribution in [-0.4, -0.2) is 12.5 Å². The average molecular weight is 137 g/mol. The van der Waals surface area contributed by atoms with Gasteiger partial charge in [0.25, 0.3) is 0 Å². The Balaban J connectivity index is 2.19. The molecule has 54 valence electrons. The summed E-state index contributed by atoms with van der Waals surface area (Å²) >= 11 is 0. The molecule has 1 saturated heterocycles. The molecule has 1 aliphatic carbocycles. The van der Waals surface area contributed by atoms with Gasteiger partial charge in [-0.05, 0) is 18.8 Å². The first-order valence-corrected chi connectivity index (χ1v) is 3.72. The summed E-state index contributed by atoms with van der Waals surface area (Å²) in [6, 6.07) is 0. The summed E-state index contributed by atoms with van der Waals surface area (Å²) in [6.07, 6.45) is 1.99. The van der Waals surface area contributed by atoms with Gasteiger partial charge in [-0.1, -0.05) is 12.2 Å². The lowest BCUT2D eigenvalue weighted by Crippen LogP contribution is -2.18. The molecule has 2 rings (SSSR count). The van der Waals surface area contributed by atoms with Gasteiger partial charge in [0.05, 0.1) is 0 Å². The van der Waals surface area contributed by atoms with Crippen molar-refractivity contribution in [1.82, 2.24) is 5.32 Å². The molecule has 10 heavy (non-hydrogen) atoms. The molecule has 1 heterocycles. The number of hydrogen-bond donors (Lipinski definition) is 1. The molecule has 1 saturated carbocycles. The predicted molar refractivity (Wildman–Crippen MR) is 38.4 cm³/mol. The third kappa shape index (κ3) is 0.681. The van der Waals surface area contributed by atoms with Crippen LogP contribution in [0.2, 0.25) is 0 Å². The van der Waals surface area contributed by atoms with E-state index in [0.717, 1.165) is 19.4 Å². The fourth-order valence-electron chi connectivity index (χ4n) is 1.96. The second kappa shape index (κ2) is 1.84. The van der Waals surface area contributed by atoms with Crippen LogP contribution in [-0.2, 0) is 4.79 Å². The lowest BCUT2D eigenvalue weighted by Gasteiger charge is -1.99. The van der Waals surface area contributed by atoms with Crippen LogP contribution in [0, 0.1) is 11.8 Å². The zero-order chi connectivity index (χ0) is 7.14. The molecule has 1 N–H and O–H groups in total. The molecular formula is C8H11NO. The summed E-state index contributed by atoms with van der Waals surface area (Å²) in [7, 11) is 0. The fraction of sp³-hybridized carbons (Fsp3) is 0.625. The number of carbonyl (C=O) groups is 1. The van der Waals surface area contributed by atoms with Crippen molar-refractivity contribution in [3.63, 3.8) is 0 Å². The van der Waals surface area contributed by atoms with E-state index in [1.807, 2.05) is 0 Å². The van der Waals surface area contributed by atoms with Crippen LogP contribution in [0.4, 0.5) is 0 Å². The van der Waals surface area contributed by atoms with Crippen LogP contribution < -0.4 is 5.32 Å². The van der Waals surface area contributed by atoms with Crippen molar-refractivity contribution in [3.8, 4) is 0 Å². The van der Waals surface area contributed by atoms with Gasteiger partial charge < -0.3 is 5.32 Å². The topological polar surface area (TPSA) is 29.1 Å². The molecule has 2 aliphatic rings. The van der Waals surface area contributed by atoms with Crippen LogP contribution >= 0.6 is 0 Å². The minimum atomic E-state index is 0.239. The molecule has 2 nitrogen and oxygen atoms in total. The first-order valence-electron chi connectivity index (χ1n) is 3.72. The van der Waals surface area contributed by atoms with Crippen molar-refractivity contribution in [1.29, 1.82) is 0 Å². The van der Waals surface area contributed by atoms with Crippen LogP contribution in [0.3, 0.4) is 0 Å². The molecule has 0 radical (unpaired) electrons. The number of amides is 1. The van der Waals surface area contributed by atoms with Crippen molar-refractivity contribution >= 4 is 5.91 Å². The number of carbonyl (C=O) groups excluding carboxylic acids is 1. The van der Waals surface area contributed by atoms with Gasteiger partial charge in [-0.15, -0.1) is 0 Å². The van der Waals surface area contributed by atoms with Gasteiger partial charge in [-0.25, -0.2) is 0 Å². The molecule has 0 aromatic carbocycles. The van der Waals surface area contributed by atoms with Crippen LogP contribution in [0.1, 0.15) is 12.8 Å². The summed E-state index contributed by atoms with van der Waals surface area (Å²) in [6.45, 7) is 4.77. The first-order chi connectivity index (χ1) is 4.77. The normalized spacial score (nSPS) is 38.0. The Morgan fingerprint density at radius 2 is 2.30 bits per heavy atom. The highest BCUT2D eigenvalue weighted by Gasteiger charge is 2.39. The second-order valence-electron chi connectivity index (χ2n) is 3.27. The van der Waals surface area contributed by atoms with Crippen molar-refractivity contribution in [2.45, 2.75) is 12.8 Å². The molecule has 1 aliphatic heterocycles. The SMILES string of the molecule is C=C1C[C@H]2CNC(=O)[C@H]2C1. The van der Waals surface area contributed by atoms with Gasteiger partial charge in [-0.2, -0.15) is 0 Å². The van der Waals surface area contributed by atoms with Gasteiger partial charge in [0.1, 0.15) is 0 Å².